The molecule has 8 nitrogen and oxygen atoms in total. The van der Waals surface area contributed by atoms with Crippen LogP contribution in [0.25, 0.3) is 11.0 Å². The van der Waals surface area contributed by atoms with Gasteiger partial charge in [-0.25, -0.2) is 23.4 Å². The van der Waals surface area contributed by atoms with Gasteiger partial charge in [0.05, 0.1) is 17.6 Å². The van der Waals surface area contributed by atoms with Crippen LogP contribution in [-0.4, -0.2) is 57.0 Å². The Bertz CT molecular complexity index is 1240. The number of pyridine rings is 1. The van der Waals surface area contributed by atoms with E-state index in [4.69, 9.17) is 4.98 Å². The lowest BCUT2D eigenvalue weighted by atomic mass is 9.91. The van der Waals surface area contributed by atoms with E-state index >= 15 is 0 Å². The number of piperidine rings is 1. The van der Waals surface area contributed by atoms with E-state index in [1.165, 1.54) is 17.5 Å². The maximum Gasteiger partial charge on any atom is 0.211 e. The van der Waals surface area contributed by atoms with E-state index in [-0.39, 0.29) is 12.1 Å². The van der Waals surface area contributed by atoms with Crippen molar-refractivity contribution in [1.82, 2.24) is 24.2 Å². The highest BCUT2D eigenvalue weighted by molar-refractivity contribution is 7.88. The van der Waals surface area contributed by atoms with Crippen molar-refractivity contribution in [2.24, 2.45) is 0 Å². The molecule has 2 fully saturated rings. The molecule has 5 heterocycles. The van der Waals surface area contributed by atoms with Crippen LogP contribution in [0.5, 0.6) is 0 Å². The number of H-pyrrole nitrogens is 1. The maximum atomic E-state index is 11.9. The molecular weight excluding hydrogens is 400 g/mol. The monoisotopic (exact) mass is 424 g/mol. The zero-order valence-corrected chi connectivity index (χ0v) is 17.8. The van der Waals surface area contributed by atoms with Crippen LogP contribution in [0.3, 0.4) is 0 Å². The van der Waals surface area contributed by atoms with Gasteiger partial charge in [0.1, 0.15) is 12.0 Å². The van der Waals surface area contributed by atoms with Gasteiger partial charge < -0.3 is 9.88 Å². The topological polar surface area (TPSA) is 94.8 Å². The Morgan fingerprint density at radius 1 is 1.13 bits per heavy atom. The minimum absolute atomic E-state index is 0.147. The van der Waals surface area contributed by atoms with Crippen LogP contribution in [0.15, 0.2) is 30.9 Å². The zero-order valence-electron chi connectivity index (χ0n) is 17.0. The molecule has 3 aromatic heterocycles. The molecule has 0 bridgehead atoms. The summed E-state index contributed by atoms with van der Waals surface area (Å²) in [5.41, 5.74) is 5.52. The molecule has 3 atom stereocenters. The summed E-state index contributed by atoms with van der Waals surface area (Å²) in [5, 5.41) is 1.12. The van der Waals surface area contributed by atoms with Crippen LogP contribution in [0, 0.1) is 0 Å². The van der Waals surface area contributed by atoms with Crippen molar-refractivity contribution in [3.63, 3.8) is 0 Å². The molecule has 6 rings (SSSR count). The van der Waals surface area contributed by atoms with Gasteiger partial charge in [-0.15, -0.1) is 0 Å². The first kappa shape index (κ1) is 18.3. The quantitative estimate of drug-likeness (QED) is 0.648. The molecule has 0 spiro atoms. The third-order valence-corrected chi connectivity index (χ3v) is 8.30. The van der Waals surface area contributed by atoms with Crippen LogP contribution in [0.4, 0.5) is 5.69 Å². The number of hydrogen-bond acceptors (Lipinski definition) is 6. The predicted molar refractivity (Wildman–Crippen MR) is 114 cm³/mol. The average Bonchev–Trinajstić information content (AvgIpc) is 3.06. The van der Waals surface area contributed by atoms with E-state index in [2.05, 4.69) is 38.9 Å². The highest BCUT2D eigenvalue weighted by Gasteiger charge is 2.59. The van der Waals surface area contributed by atoms with Gasteiger partial charge in [-0.05, 0) is 31.9 Å². The van der Waals surface area contributed by atoms with Gasteiger partial charge in [0.2, 0.25) is 10.0 Å². The Kier molecular flexibility index (Phi) is 3.80. The molecule has 2 aliphatic heterocycles. The van der Waals surface area contributed by atoms with Gasteiger partial charge in [-0.3, -0.25) is 0 Å². The second-order valence-corrected chi connectivity index (χ2v) is 10.7. The number of aromatic amines is 1. The van der Waals surface area contributed by atoms with E-state index in [9.17, 15) is 8.42 Å². The van der Waals surface area contributed by atoms with Gasteiger partial charge in [-0.1, -0.05) is 0 Å². The molecule has 0 aromatic carbocycles. The largest absolute Gasteiger partial charge is 0.363 e. The molecule has 2 unspecified atom stereocenters. The van der Waals surface area contributed by atoms with Gasteiger partial charge in [0, 0.05) is 66.0 Å². The summed E-state index contributed by atoms with van der Waals surface area (Å²) in [6.07, 6.45) is 9.35. The van der Waals surface area contributed by atoms with Crippen LogP contribution in [-0.2, 0) is 23.0 Å². The second kappa shape index (κ2) is 6.24. The summed E-state index contributed by atoms with van der Waals surface area (Å²) in [4.78, 5) is 19.3. The smallest absolute Gasteiger partial charge is 0.211 e. The Labute approximate surface area is 175 Å². The van der Waals surface area contributed by atoms with Gasteiger partial charge in [0.25, 0.3) is 0 Å². The summed E-state index contributed by atoms with van der Waals surface area (Å²) < 4.78 is 25.4. The van der Waals surface area contributed by atoms with Crippen molar-refractivity contribution in [3.05, 3.63) is 47.8 Å². The highest BCUT2D eigenvalue weighted by Crippen LogP contribution is 2.51. The number of nitrogens with one attached hydrogen (secondary N) is 1. The van der Waals surface area contributed by atoms with E-state index in [0.717, 1.165) is 48.2 Å². The van der Waals surface area contributed by atoms with Crippen LogP contribution in [0.1, 0.15) is 42.6 Å². The van der Waals surface area contributed by atoms with E-state index in [1.54, 1.807) is 10.6 Å². The molecule has 3 aliphatic rings. The lowest BCUT2D eigenvalue weighted by molar-refractivity contribution is 0.486. The van der Waals surface area contributed by atoms with Crippen LogP contribution >= 0.6 is 0 Å². The maximum absolute atomic E-state index is 11.9. The van der Waals surface area contributed by atoms with E-state index < -0.39 is 10.0 Å². The number of fused-ring (bicyclic) bond motifs is 3. The van der Waals surface area contributed by atoms with Crippen molar-refractivity contribution in [1.29, 1.82) is 0 Å². The minimum atomic E-state index is -3.10. The van der Waals surface area contributed by atoms with Gasteiger partial charge in [0.15, 0.2) is 0 Å². The standard InChI is InChI=1S/C21H24N6O2S/c1-12-7-16-15(10-26(12)17-4-6-23-21-14(17)3-5-22-21)20(25-11-24-16)13-8-18-19(9-13)27(18)30(2,28)29/h3-6,11-13,18-19H,7-10H2,1-2H3,(H,22,23)/t12-,13?,18?,19?,27?/m1/s1. The molecule has 1 saturated carbocycles. The first-order chi connectivity index (χ1) is 14.4. The molecule has 30 heavy (non-hydrogen) atoms. The normalized spacial score (nSPS) is 30.3. The fourth-order valence-electron chi connectivity index (χ4n) is 5.63. The fraction of sp³-hybridized carbons (Fsp3) is 0.476. The van der Waals surface area contributed by atoms with E-state index in [0.29, 0.717) is 12.0 Å². The molecule has 1 saturated heterocycles. The zero-order chi connectivity index (χ0) is 20.6. The molecule has 156 valence electrons. The number of hydrogen-bond donors (Lipinski definition) is 1. The van der Waals surface area contributed by atoms with Crippen molar-refractivity contribution in [2.75, 3.05) is 11.2 Å². The second-order valence-electron chi connectivity index (χ2n) is 8.83. The third-order valence-electron chi connectivity index (χ3n) is 6.99. The predicted octanol–water partition coefficient (Wildman–Crippen LogP) is 2.19. The Hall–Kier alpha value is -2.52. The lowest BCUT2D eigenvalue weighted by Gasteiger charge is -2.37. The summed E-state index contributed by atoms with van der Waals surface area (Å²) in [6.45, 7) is 3.00. The Balaban J connectivity index is 1.33. The van der Waals surface area contributed by atoms with Crippen LogP contribution in [0.2, 0.25) is 0 Å². The molecule has 1 N–H and O–H groups in total. The third kappa shape index (κ3) is 2.68. The molecule has 9 heteroatoms. The molecule has 0 amide bonds. The number of anilines is 1. The first-order valence-electron chi connectivity index (χ1n) is 10.4. The van der Waals surface area contributed by atoms with Crippen LogP contribution < -0.4 is 4.90 Å². The molecule has 1 aliphatic carbocycles. The summed E-state index contributed by atoms with van der Waals surface area (Å²) in [6, 6.07) is 4.77. The highest BCUT2D eigenvalue weighted by atomic mass is 32.2. The van der Waals surface area contributed by atoms with Crippen molar-refractivity contribution < 1.29 is 8.42 Å². The number of rotatable bonds is 3. The summed E-state index contributed by atoms with van der Waals surface area (Å²) >= 11 is 0. The number of nitrogens with zero attached hydrogens (tertiary/aromatic N) is 5. The van der Waals surface area contributed by atoms with Crippen molar-refractivity contribution in [2.45, 2.75) is 56.8 Å². The first-order valence-corrected chi connectivity index (χ1v) is 12.3. The minimum Gasteiger partial charge on any atom is -0.363 e. The summed E-state index contributed by atoms with van der Waals surface area (Å²) in [5.74, 6) is 0.301. The fourth-order valence-corrected chi connectivity index (χ4v) is 7.01. The average molecular weight is 425 g/mol. The SMILES string of the molecule is C[C@@H]1Cc2ncnc(C3CC4C(C3)N4S(C)(=O)=O)c2CN1c1ccnc2[nH]ccc12. The van der Waals surface area contributed by atoms with Gasteiger partial charge >= 0.3 is 0 Å². The Morgan fingerprint density at radius 3 is 2.70 bits per heavy atom. The van der Waals surface area contributed by atoms with Crippen molar-refractivity contribution in [3.8, 4) is 0 Å². The van der Waals surface area contributed by atoms with Gasteiger partial charge in [-0.2, -0.15) is 4.31 Å². The lowest BCUT2D eigenvalue weighted by Crippen LogP contribution is -2.40. The molecular formula is C21H24N6O2S. The van der Waals surface area contributed by atoms with E-state index in [1.807, 2.05) is 12.4 Å². The molecule has 3 aromatic rings. The van der Waals surface area contributed by atoms with Crippen molar-refractivity contribution >= 4 is 26.7 Å². The Morgan fingerprint density at radius 2 is 1.93 bits per heavy atom. The summed E-state index contributed by atoms with van der Waals surface area (Å²) in [7, 11) is -3.10. The number of aromatic nitrogens is 4. The molecule has 0 radical (unpaired) electrons. The number of sulfonamides is 1.